The topological polar surface area (TPSA) is 110 Å². The van der Waals surface area contributed by atoms with E-state index in [1.54, 1.807) is 11.5 Å². The number of benzene rings is 2. The summed E-state index contributed by atoms with van der Waals surface area (Å²) in [7, 11) is 0. The van der Waals surface area contributed by atoms with Gasteiger partial charge in [-0.2, -0.15) is 22.7 Å². The van der Waals surface area contributed by atoms with Gasteiger partial charge < -0.3 is 15.2 Å². The van der Waals surface area contributed by atoms with Crippen molar-refractivity contribution >= 4 is 23.3 Å². The fourth-order valence-electron chi connectivity index (χ4n) is 5.13. The average Bonchev–Trinajstić information content (AvgIpc) is 3.52. The van der Waals surface area contributed by atoms with Crippen LogP contribution in [0.5, 0.6) is 0 Å². The van der Waals surface area contributed by atoms with Crippen molar-refractivity contribution in [3.05, 3.63) is 81.3 Å². The fourth-order valence-corrected chi connectivity index (χ4v) is 5.13. The van der Waals surface area contributed by atoms with Crippen molar-refractivity contribution < 1.29 is 22.8 Å². The summed E-state index contributed by atoms with van der Waals surface area (Å²) in [6.07, 6.45) is -2.78. The second-order valence-corrected chi connectivity index (χ2v) is 10.7. The monoisotopic (exact) mass is 566 g/mol. The number of halogens is 3. The summed E-state index contributed by atoms with van der Waals surface area (Å²) in [5, 5.41) is 10.1. The molecule has 2 amide bonds. The lowest BCUT2D eigenvalue weighted by atomic mass is 10.0. The van der Waals surface area contributed by atoms with E-state index in [1.165, 1.54) is 23.6 Å². The summed E-state index contributed by atoms with van der Waals surface area (Å²) < 4.78 is 41.4. The fraction of sp³-hybridized carbons (Fsp3) is 0.345. The number of rotatable bonds is 7. The molecular formula is C29H29F3N6O3. The van der Waals surface area contributed by atoms with E-state index in [0.717, 1.165) is 30.5 Å². The van der Waals surface area contributed by atoms with Crippen LogP contribution in [-0.4, -0.2) is 31.0 Å². The van der Waals surface area contributed by atoms with Crippen molar-refractivity contribution in [2.75, 3.05) is 5.32 Å². The van der Waals surface area contributed by atoms with E-state index in [9.17, 15) is 27.6 Å². The van der Waals surface area contributed by atoms with Crippen molar-refractivity contribution in [2.24, 2.45) is 0 Å². The molecule has 9 nitrogen and oxygen atoms in total. The van der Waals surface area contributed by atoms with Gasteiger partial charge in [0, 0.05) is 29.4 Å². The van der Waals surface area contributed by atoms with Crippen LogP contribution in [0.2, 0.25) is 0 Å². The molecule has 1 aliphatic rings. The van der Waals surface area contributed by atoms with Gasteiger partial charge in [-0.3, -0.25) is 14.4 Å². The largest absolute Gasteiger partial charge is 0.416 e. The van der Waals surface area contributed by atoms with Crippen molar-refractivity contribution in [1.82, 2.24) is 24.5 Å². The Morgan fingerprint density at radius 1 is 1.05 bits per heavy atom. The Labute approximate surface area is 233 Å². The van der Waals surface area contributed by atoms with Crippen molar-refractivity contribution in [2.45, 2.75) is 64.7 Å². The van der Waals surface area contributed by atoms with Crippen LogP contribution in [0, 0.1) is 6.92 Å². The number of nitrogens with zero attached hydrogens (tertiary/aromatic N) is 4. The second-order valence-electron chi connectivity index (χ2n) is 10.7. The molecule has 0 atom stereocenters. The summed E-state index contributed by atoms with van der Waals surface area (Å²) in [6, 6.07) is 11.6. The maximum absolute atomic E-state index is 13.4. The van der Waals surface area contributed by atoms with Crippen molar-refractivity contribution in [3.8, 4) is 11.4 Å². The zero-order valence-electron chi connectivity index (χ0n) is 23.0. The van der Waals surface area contributed by atoms with Gasteiger partial charge in [-0.25, -0.2) is 0 Å². The van der Waals surface area contributed by atoms with Crippen LogP contribution in [0.15, 0.2) is 53.3 Å². The third-order valence-electron chi connectivity index (χ3n) is 7.28. The Bertz CT molecular complexity index is 1700. The van der Waals surface area contributed by atoms with E-state index in [2.05, 4.69) is 20.7 Å². The van der Waals surface area contributed by atoms with E-state index in [4.69, 9.17) is 0 Å². The first-order valence-electron chi connectivity index (χ1n) is 13.2. The molecule has 214 valence electrons. The van der Waals surface area contributed by atoms with E-state index >= 15 is 0 Å². The number of hydrogen-bond donors (Lipinski definition) is 2. The van der Waals surface area contributed by atoms with Gasteiger partial charge in [0.25, 0.3) is 5.56 Å². The predicted molar refractivity (Wildman–Crippen MR) is 146 cm³/mol. The molecule has 2 aromatic heterocycles. The quantitative estimate of drug-likeness (QED) is 0.335. The molecule has 1 aliphatic carbocycles. The van der Waals surface area contributed by atoms with Gasteiger partial charge in [-0.1, -0.05) is 38.1 Å². The Morgan fingerprint density at radius 3 is 2.22 bits per heavy atom. The number of nitrogens with one attached hydrogen (secondary N) is 2. The molecule has 5 rings (SSSR count). The third-order valence-corrected chi connectivity index (χ3v) is 7.28. The number of aromatic nitrogens is 4. The maximum atomic E-state index is 13.4. The summed E-state index contributed by atoms with van der Waals surface area (Å²) in [6.45, 7) is 6.69. The van der Waals surface area contributed by atoms with E-state index < -0.39 is 17.6 Å². The first-order valence-corrected chi connectivity index (χ1v) is 13.2. The van der Waals surface area contributed by atoms with Gasteiger partial charge in [-0.05, 0) is 55.5 Å². The number of hydrogen-bond acceptors (Lipinski definition) is 5. The standard InChI is InChI=1S/C29H29F3N6O3/c1-16(2)24-17(3)37(15-23(40)33-22-11-9-21(10-12-22)29(30,31)32)27-34-25(36-38(27)26(24)41)19-5-7-20(8-6-19)28(13-14-28)35-18(4)39/h5-12,16H,13-15H2,1-4H3,(H,33,40)(H,35,39). The smallest absolute Gasteiger partial charge is 0.347 e. The molecule has 2 aromatic carbocycles. The highest BCUT2D eigenvalue weighted by Crippen LogP contribution is 2.45. The minimum Gasteiger partial charge on any atom is -0.347 e. The van der Waals surface area contributed by atoms with E-state index in [-0.39, 0.29) is 46.8 Å². The predicted octanol–water partition coefficient (Wildman–Crippen LogP) is 4.77. The molecule has 1 saturated carbocycles. The third kappa shape index (κ3) is 5.46. The first kappa shape index (κ1) is 28.1. The minimum atomic E-state index is -4.48. The highest BCUT2D eigenvalue weighted by Gasteiger charge is 2.45. The zero-order chi connectivity index (χ0) is 29.7. The van der Waals surface area contributed by atoms with Crippen molar-refractivity contribution in [1.29, 1.82) is 0 Å². The molecule has 1 fully saturated rings. The van der Waals surface area contributed by atoms with Crippen LogP contribution in [-0.2, 0) is 27.8 Å². The average molecular weight is 567 g/mol. The number of amides is 2. The molecule has 2 N–H and O–H groups in total. The molecule has 0 spiro atoms. The highest BCUT2D eigenvalue weighted by molar-refractivity contribution is 5.91. The Morgan fingerprint density at radius 2 is 1.68 bits per heavy atom. The Hall–Kier alpha value is -4.48. The lowest BCUT2D eigenvalue weighted by molar-refractivity contribution is -0.137. The first-order chi connectivity index (χ1) is 19.3. The van der Waals surface area contributed by atoms with Crippen LogP contribution in [0.4, 0.5) is 18.9 Å². The van der Waals surface area contributed by atoms with Gasteiger partial charge in [0.15, 0.2) is 5.82 Å². The van der Waals surface area contributed by atoms with Gasteiger partial charge in [0.1, 0.15) is 6.54 Å². The summed E-state index contributed by atoms with van der Waals surface area (Å²) >= 11 is 0. The van der Waals surface area contributed by atoms with Crippen LogP contribution < -0.4 is 16.2 Å². The molecule has 2 heterocycles. The van der Waals surface area contributed by atoms with Gasteiger partial charge in [-0.15, -0.1) is 5.10 Å². The molecule has 0 bridgehead atoms. The van der Waals surface area contributed by atoms with Crippen LogP contribution in [0.3, 0.4) is 0 Å². The molecule has 4 aromatic rings. The Kier molecular flexibility index (Phi) is 6.96. The van der Waals surface area contributed by atoms with Crippen LogP contribution in [0.1, 0.15) is 61.9 Å². The molecule has 0 saturated heterocycles. The van der Waals surface area contributed by atoms with Crippen LogP contribution in [0.25, 0.3) is 17.2 Å². The lowest BCUT2D eigenvalue weighted by Gasteiger charge is -2.17. The van der Waals surface area contributed by atoms with Gasteiger partial charge in [0.05, 0.1) is 11.1 Å². The summed E-state index contributed by atoms with van der Waals surface area (Å²) in [5.41, 5.74) is 1.32. The zero-order valence-corrected chi connectivity index (χ0v) is 23.0. The van der Waals surface area contributed by atoms with E-state index in [1.807, 2.05) is 38.1 Å². The molecular weight excluding hydrogens is 537 g/mol. The molecule has 0 aliphatic heterocycles. The number of carbonyl (C=O) groups excluding carboxylic acids is 2. The molecule has 0 radical (unpaired) electrons. The highest BCUT2D eigenvalue weighted by atomic mass is 19.4. The molecule has 12 heteroatoms. The summed E-state index contributed by atoms with van der Waals surface area (Å²) in [4.78, 5) is 42.6. The van der Waals surface area contributed by atoms with Crippen molar-refractivity contribution in [3.63, 3.8) is 0 Å². The number of alkyl halides is 3. The number of anilines is 1. The van der Waals surface area contributed by atoms with E-state index in [0.29, 0.717) is 16.8 Å². The maximum Gasteiger partial charge on any atom is 0.416 e. The second kappa shape index (κ2) is 10.2. The van der Waals surface area contributed by atoms with Gasteiger partial charge in [0.2, 0.25) is 17.6 Å². The number of fused-ring (bicyclic) bond motifs is 1. The SMILES string of the molecule is CC(=O)NC1(c2ccc(-c3nc4n(CC(=O)Nc5ccc(C(F)(F)F)cc5)c(C)c(C(C)C)c(=O)n4n3)cc2)CC1. The number of carbonyl (C=O) groups is 2. The van der Waals surface area contributed by atoms with Crippen LogP contribution >= 0.6 is 0 Å². The Balaban J connectivity index is 1.48. The minimum absolute atomic E-state index is 0.0974. The normalized spacial score (nSPS) is 14.3. The summed E-state index contributed by atoms with van der Waals surface area (Å²) in [5.74, 6) is -0.327. The molecule has 0 unspecified atom stereocenters. The lowest BCUT2D eigenvalue weighted by Crippen LogP contribution is -2.32. The van der Waals surface area contributed by atoms with Gasteiger partial charge >= 0.3 is 6.18 Å². The molecule has 41 heavy (non-hydrogen) atoms.